The average Bonchev–Trinajstić information content (AvgIpc) is 3.91. The molecule has 10 N–H and O–H groups in total. The maximum absolute atomic E-state index is 9.92. The second kappa shape index (κ2) is 13.3. The first-order chi connectivity index (χ1) is 22.7. The fraction of sp³-hybridized carbons (Fsp3) is 0.400. The number of nitrogen functional groups attached to an aromatic ring is 1. The predicted molar refractivity (Wildman–Crippen MR) is 154 cm³/mol. The number of imidazole rings is 3. The van der Waals surface area contributed by atoms with Crippen molar-refractivity contribution in [1.82, 2.24) is 59.0 Å². The zero-order valence-corrected chi connectivity index (χ0v) is 24.0. The summed E-state index contributed by atoms with van der Waals surface area (Å²) in [4.78, 5) is 37.8. The standard InChI is InChI=1S/C10H12N4O5.C10H12N4O4.C5H5N5/c15-1-4-6(16)7(17)10(19-4)14-3-13-5-8(14)11-2-12-9(5)18;15-2-6-7(16)8(17)10(18-6)14-4-13-5-1-11-3-12-9(5)14;6-5-7-1-3-4(10-5)9-2-8-3/h2-4,6-7,10,15-17H,1H2,(H,11,12,18);1,3-4,6-8,10,15-17H,2H2;1-2H,(H3,6,7,8,9,10)/t4-,6-,7-,10-;6-,7-,8-,10-;/m11./s1. The summed E-state index contributed by atoms with van der Waals surface area (Å²) in [6, 6.07) is 0. The largest absolute Gasteiger partial charge is 0.492 e. The van der Waals surface area contributed by atoms with E-state index in [2.05, 4.69) is 49.8 Å². The Kier molecular flexibility index (Phi) is 9.06. The molecule has 0 aromatic carbocycles. The minimum atomic E-state index is -1.23. The Bertz CT molecular complexity index is 1950. The normalized spacial score (nSPS) is 27.1. The molecule has 0 radical (unpaired) electrons. The van der Waals surface area contributed by atoms with Gasteiger partial charge in [0.2, 0.25) is 11.8 Å². The van der Waals surface area contributed by atoms with Crippen molar-refractivity contribution < 1.29 is 45.2 Å². The molecule has 0 spiro atoms. The molecule has 2 fully saturated rings. The van der Waals surface area contributed by atoms with E-state index >= 15 is 0 Å². The number of H-pyrrole nitrogens is 1. The third-order valence-corrected chi connectivity index (χ3v) is 7.35. The van der Waals surface area contributed by atoms with Gasteiger partial charge < -0.3 is 55.9 Å². The number of aromatic nitrogens is 12. The highest BCUT2D eigenvalue weighted by Crippen LogP contribution is 2.32. The lowest BCUT2D eigenvalue weighted by atomic mass is 10.1. The molecule has 0 saturated carbocycles. The number of hydrogen-bond acceptors (Lipinski definition) is 19. The molecule has 2 aliphatic heterocycles. The van der Waals surface area contributed by atoms with Gasteiger partial charge in [0.15, 0.2) is 34.9 Å². The maximum Gasteiger partial charge on any atom is 0.242 e. The number of nitrogens with zero attached hydrogens (tertiary/aromatic N) is 11. The Morgan fingerprint density at radius 3 is 2.02 bits per heavy atom. The van der Waals surface area contributed by atoms with Crippen LogP contribution in [0.25, 0.3) is 33.5 Å². The van der Waals surface area contributed by atoms with Crippen molar-refractivity contribution in [3.63, 3.8) is 0 Å². The molecule has 8 rings (SSSR count). The summed E-state index contributed by atoms with van der Waals surface area (Å²) in [5.41, 5.74) is 8.22. The number of aromatic hydroxyl groups is 1. The Hall–Kier alpha value is -5.07. The topological polar surface area (TPSA) is 328 Å². The molecule has 0 unspecified atom stereocenters. The Morgan fingerprint density at radius 2 is 1.36 bits per heavy atom. The molecule has 248 valence electrons. The van der Waals surface area contributed by atoms with Crippen LogP contribution in [-0.2, 0) is 9.47 Å². The molecule has 47 heavy (non-hydrogen) atoms. The Labute approximate surface area is 261 Å². The van der Waals surface area contributed by atoms with Crippen molar-refractivity contribution >= 4 is 39.4 Å². The van der Waals surface area contributed by atoms with Crippen LogP contribution in [0.2, 0.25) is 0 Å². The molecule has 0 amide bonds. The molecule has 8 heterocycles. The van der Waals surface area contributed by atoms with Crippen molar-refractivity contribution in [3.8, 4) is 5.88 Å². The molecule has 6 aromatic rings. The monoisotopic (exact) mass is 655 g/mol. The van der Waals surface area contributed by atoms with Crippen LogP contribution < -0.4 is 5.73 Å². The fourth-order valence-corrected chi connectivity index (χ4v) is 4.97. The van der Waals surface area contributed by atoms with Gasteiger partial charge in [-0.1, -0.05) is 0 Å². The second-order valence-electron chi connectivity index (χ2n) is 10.2. The smallest absolute Gasteiger partial charge is 0.242 e. The van der Waals surface area contributed by atoms with E-state index in [1.807, 2.05) is 0 Å². The molecule has 2 aliphatic rings. The van der Waals surface area contributed by atoms with E-state index in [1.165, 1.54) is 28.1 Å². The number of nitrogens with two attached hydrogens (primary N) is 1. The van der Waals surface area contributed by atoms with Crippen molar-refractivity contribution in [2.75, 3.05) is 18.9 Å². The van der Waals surface area contributed by atoms with Gasteiger partial charge in [-0.15, -0.1) is 0 Å². The number of rotatable bonds is 4. The zero-order valence-electron chi connectivity index (χ0n) is 24.0. The van der Waals surface area contributed by atoms with Gasteiger partial charge in [0.1, 0.15) is 60.3 Å². The first-order valence-electron chi connectivity index (χ1n) is 13.9. The van der Waals surface area contributed by atoms with Crippen LogP contribution in [0.15, 0.2) is 44.0 Å². The second-order valence-corrected chi connectivity index (χ2v) is 10.2. The fourth-order valence-electron chi connectivity index (χ4n) is 4.97. The van der Waals surface area contributed by atoms with Gasteiger partial charge in [-0.05, 0) is 0 Å². The van der Waals surface area contributed by atoms with Gasteiger partial charge in [0, 0.05) is 0 Å². The van der Waals surface area contributed by atoms with E-state index in [1.54, 1.807) is 18.7 Å². The van der Waals surface area contributed by atoms with Crippen LogP contribution in [0.5, 0.6) is 5.88 Å². The predicted octanol–water partition coefficient (Wildman–Crippen LogP) is -3.48. The third-order valence-electron chi connectivity index (χ3n) is 7.35. The summed E-state index contributed by atoms with van der Waals surface area (Å²) in [6.07, 6.45) is 1.79. The number of aromatic amines is 1. The van der Waals surface area contributed by atoms with Crippen LogP contribution in [-0.4, -0.2) is 145 Å². The van der Waals surface area contributed by atoms with E-state index in [4.69, 9.17) is 25.4 Å². The molecule has 22 heteroatoms. The number of anilines is 1. The van der Waals surface area contributed by atoms with Crippen LogP contribution in [0, 0.1) is 0 Å². The van der Waals surface area contributed by atoms with Crippen LogP contribution in [0.1, 0.15) is 12.5 Å². The average molecular weight is 656 g/mol. The highest BCUT2D eigenvalue weighted by molar-refractivity contribution is 5.75. The number of nitrogens with one attached hydrogen (secondary N) is 1. The highest BCUT2D eigenvalue weighted by Gasteiger charge is 2.45. The summed E-state index contributed by atoms with van der Waals surface area (Å²) < 4.78 is 13.6. The van der Waals surface area contributed by atoms with Crippen molar-refractivity contribution in [3.05, 3.63) is 44.0 Å². The summed E-state index contributed by atoms with van der Waals surface area (Å²) in [5.74, 6) is -0.0211. The molecular formula is C25H29N13O9. The van der Waals surface area contributed by atoms with E-state index in [-0.39, 0.29) is 29.6 Å². The summed E-state index contributed by atoms with van der Waals surface area (Å²) in [6.45, 7) is -0.780. The molecule has 22 nitrogen and oxygen atoms in total. The number of aliphatic hydroxyl groups excluding tert-OH is 6. The highest BCUT2D eigenvalue weighted by atomic mass is 16.6. The van der Waals surface area contributed by atoms with Crippen LogP contribution >= 0.6 is 0 Å². The van der Waals surface area contributed by atoms with Gasteiger partial charge in [-0.25, -0.2) is 34.9 Å². The summed E-state index contributed by atoms with van der Waals surface area (Å²) in [7, 11) is 0. The minimum Gasteiger partial charge on any atom is -0.492 e. The molecule has 0 bridgehead atoms. The van der Waals surface area contributed by atoms with Gasteiger partial charge >= 0.3 is 0 Å². The number of hydrogen-bond donors (Lipinski definition) is 9. The van der Waals surface area contributed by atoms with E-state index in [0.29, 0.717) is 16.8 Å². The van der Waals surface area contributed by atoms with Crippen LogP contribution in [0.3, 0.4) is 0 Å². The molecule has 8 atom stereocenters. The van der Waals surface area contributed by atoms with Gasteiger partial charge in [-0.2, -0.15) is 9.97 Å². The third kappa shape index (κ3) is 6.09. The molecule has 6 aromatic heterocycles. The van der Waals surface area contributed by atoms with Gasteiger partial charge in [0.25, 0.3) is 0 Å². The molecule has 0 aliphatic carbocycles. The number of fused-ring (bicyclic) bond motifs is 3. The van der Waals surface area contributed by atoms with Crippen molar-refractivity contribution in [1.29, 1.82) is 0 Å². The lowest BCUT2D eigenvalue weighted by Gasteiger charge is -2.16. The Balaban J connectivity index is 0.000000129. The minimum absolute atomic E-state index is 0.167. The van der Waals surface area contributed by atoms with Crippen LogP contribution in [0.4, 0.5) is 5.95 Å². The SMILES string of the molecule is Nc1ncc2nc[nH]c2n1.OC[C@H]1O[C@@H](n2cnc3c(O)ncnc32)[C@H](O)[C@@H]1O.OC[C@H]1O[C@@H](n2cnc3cncnc32)[C@H](O)[C@@H]1O. The summed E-state index contributed by atoms with van der Waals surface area (Å²) in [5, 5.41) is 66.8. The lowest BCUT2D eigenvalue weighted by molar-refractivity contribution is -0.0511. The Morgan fingerprint density at radius 1 is 0.723 bits per heavy atom. The van der Waals surface area contributed by atoms with Gasteiger partial charge in [-0.3, -0.25) is 9.13 Å². The summed E-state index contributed by atoms with van der Waals surface area (Å²) >= 11 is 0. The first kappa shape index (κ1) is 31.9. The van der Waals surface area contributed by atoms with E-state index in [0.717, 1.165) is 11.8 Å². The van der Waals surface area contributed by atoms with Crippen molar-refractivity contribution in [2.45, 2.75) is 49.1 Å². The number of aliphatic hydroxyl groups is 6. The maximum atomic E-state index is 9.92. The zero-order chi connectivity index (χ0) is 33.2. The van der Waals surface area contributed by atoms with E-state index < -0.39 is 55.7 Å². The first-order valence-corrected chi connectivity index (χ1v) is 13.9. The lowest BCUT2D eigenvalue weighted by Crippen LogP contribution is -2.33. The number of ether oxygens (including phenoxy) is 2. The molecular weight excluding hydrogens is 626 g/mol. The van der Waals surface area contributed by atoms with E-state index in [9.17, 15) is 25.5 Å². The quantitative estimate of drug-likeness (QED) is 0.0889. The molecule has 2 saturated heterocycles. The van der Waals surface area contributed by atoms with Crippen molar-refractivity contribution in [2.24, 2.45) is 0 Å². The van der Waals surface area contributed by atoms with Gasteiger partial charge in [0.05, 0.1) is 44.6 Å².